The van der Waals surface area contributed by atoms with E-state index in [9.17, 15) is 17.8 Å². The molecule has 0 aliphatic rings. The van der Waals surface area contributed by atoms with Crippen molar-refractivity contribution in [3.63, 3.8) is 0 Å². The summed E-state index contributed by atoms with van der Waals surface area (Å²) in [5.74, 6) is -0.708. The molecule has 4 nitrogen and oxygen atoms in total. The van der Waals surface area contributed by atoms with Gasteiger partial charge < -0.3 is 0 Å². The molecule has 0 aliphatic heterocycles. The summed E-state index contributed by atoms with van der Waals surface area (Å²) in [4.78, 5) is 14.9. The third kappa shape index (κ3) is 4.89. The van der Waals surface area contributed by atoms with Gasteiger partial charge in [-0.25, -0.2) is 18.3 Å². The quantitative estimate of drug-likeness (QED) is 0.628. The van der Waals surface area contributed by atoms with Gasteiger partial charge in [0.25, 0.3) is 0 Å². The molecule has 0 amide bonds. The van der Waals surface area contributed by atoms with Crippen LogP contribution in [0.3, 0.4) is 0 Å². The van der Waals surface area contributed by atoms with Crippen molar-refractivity contribution in [3.8, 4) is 0 Å². The summed E-state index contributed by atoms with van der Waals surface area (Å²) in [5.41, 5.74) is -1.68. The van der Waals surface area contributed by atoms with Crippen molar-refractivity contribution in [2.45, 2.75) is 44.4 Å². The number of pyridine rings is 1. The van der Waals surface area contributed by atoms with E-state index in [0.29, 0.717) is 4.60 Å². The summed E-state index contributed by atoms with van der Waals surface area (Å²) in [6, 6.07) is 0.892. The number of nitrogens with one attached hydrogen (secondary N) is 1. The first kappa shape index (κ1) is 18.3. The Balaban J connectivity index is 3.30. The van der Waals surface area contributed by atoms with Crippen LogP contribution in [0.5, 0.6) is 0 Å². The molecule has 0 aromatic carbocycles. The molecular formula is C13H17BrF2N2O2S. The summed E-state index contributed by atoms with van der Waals surface area (Å²) >= 11 is 3.10. The van der Waals surface area contributed by atoms with Crippen LogP contribution < -0.4 is 4.72 Å². The molecule has 0 bridgehead atoms. The second-order valence-corrected chi connectivity index (χ2v) is 8.59. The first-order valence-corrected chi connectivity index (χ1v) is 8.10. The highest BCUT2D eigenvalue weighted by molar-refractivity contribution is 9.10. The molecule has 1 unspecified atom stereocenters. The molecule has 0 spiro atoms. The van der Waals surface area contributed by atoms with Gasteiger partial charge in [0.2, 0.25) is 0 Å². The predicted octanol–water partition coefficient (Wildman–Crippen LogP) is 3.14. The molecular weight excluding hydrogens is 366 g/mol. The van der Waals surface area contributed by atoms with E-state index in [4.69, 9.17) is 0 Å². The van der Waals surface area contributed by atoms with Crippen molar-refractivity contribution in [3.05, 3.63) is 28.2 Å². The number of carbonyl (C=O) groups excluding carboxylic acids is 1. The monoisotopic (exact) mass is 382 g/mol. The minimum atomic E-state index is -1.64. The second-order valence-electron chi connectivity index (χ2n) is 5.81. The highest BCUT2D eigenvalue weighted by Crippen LogP contribution is 2.29. The van der Waals surface area contributed by atoms with Crippen LogP contribution in [0.2, 0.25) is 0 Å². The van der Waals surface area contributed by atoms with E-state index >= 15 is 0 Å². The zero-order valence-corrected chi connectivity index (χ0v) is 14.6. The Morgan fingerprint density at radius 2 is 1.95 bits per heavy atom. The van der Waals surface area contributed by atoms with Crippen LogP contribution in [0.25, 0.3) is 0 Å². The van der Waals surface area contributed by atoms with E-state index in [2.05, 4.69) is 25.6 Å². The molecule has 0 radical (unpaired) electrons. The molecule has 0 saturated carbocycles. The van der Waals surface area contributed by atoms with Crippen LogP contribution in [0.4, 0.5) is 8.78 Å². The van der Waals surface area contributed by atoms with Gasteiger partial charge in [-0.15, -0.1) is 0 Å². The third-order valence-corrected chi connectivity index (χ3v) is 4.89. The third-order valence-electron chi connectivity index (χ3n) is 2.70. The predicted molar refractivity (Wildman–Crippen MR) is 81.0 cm³/mol. The van der Waals surface area contributed by atoms with Crippen molar-refractivity contribution < 1.29 is 17.8 Å². The maximum atomic E-state index is 14.0. The molecule has 0 saturated heterocycles. The van der Waals surface area contributed by atoms with E-state index in [1.54, 1.807) is 20.8 Å². The first-order chi connectivity index (χ1) is 9.45. The second kappa shape index (κ2) is 6.58. The number of nitrogens with zero attached hydrogens (tertiary/aromatic N) is 1. The summed E-state index contributed by atoms with van der Waals surface area (Å²) in [6.07, 6.45) is -0.671. The Hall–Kier alpha value is -0.730. The molecule has 118 valence electrons. The molecule has 0 fully saturated rings. The van der Waals surface area contributed by atoms with E-state index in [-0.39, 0.29) is 5.69 Å². The van der Waals surface area contributed by atoms with Gasteiger partial charge in [0.15, 0.2) is 0 Å². The molecule has 0 aliphatic carbocycles. The largest absolute Gasteiger partial charge is 0.303 e. The highest BCUT2D eigenvalue weighted by Gasteiger charge is 2.38. The van der Waals surface area contributed by atoms with Crippen LogP contribution in [0.1, 0.15) is 39.8 Å². The van der Waals surface area contributed by atoms with E-state index in [0.717, 1.165) is 6.07 Å². The Morgan fingerprint density at radius 1 is 1.38 bits per heavy atom. The van der Waals surface area contributed by atoms with Crippen LogP contribution in [-0.2, 0) is 21.3 Å². The fraction of sp³-hybridized carbons (Fsp3) is 0.538. The van der Waals surface area contributed by atoms with Crippen molar-refractivity contribution in [2.75, 3.05) is 0 Å². The lowest BCUT2D eigenvalue weighted by Crippen LogP contribution is -2.48. The fourth-order valence-electron chi connectivity index (χ4n) is 1.61. The smallest absolute Gasteiger partial charge is 0.261 e. The number of halogens is 3. The standard InChI is InChI=1S/C13H17BrF2N2O2S/c1-12(2,3)21(20)18-13(4,7-10(16)19)11-8(15)5-6-9(14)17-11/h5-6,18H,7H2,1-4H3/t13-,21?/m0/s1. The molecule has 1 aromatic heterocycles. The van der Waals surface area contributed by atoms with Crippen molar-refractivity contribution in [1.82, 2.24) is 9.71 Å². The van der Waals surface area contributed by atoms with Gasteiger partial charge in [-0.05, 0) is 55.8 Å². The minimum absolute atomic E-state index is 0.166. The molecule has 1 heterocycles. The fourth-order valence-corrected chi connectivity index (χ4v) is 2.80. The molecule has 8 heteroatoms. The topological polar surface area (TPSA) is 59.1 Å². The number of hydrogen-bond acceptors (Lipinski definition) is 3. The number of rotatable bonds is 5. The Labute approximate surface area is 133 Å². The lowest BCUT2D eigenvalue weighted by molar-refractivity contribution is -0.130. The zero-order chi connectivity index (χ0) is 16.4. The lowest BCUT2D eigenvalue weighted by atomic mass is 9.94. The van der Waals surface area contributed by atoms with E-state index < -0.39 is 39.5 Å². The molecule has 1 aromatic rings. The molecule has 2 atom stereocenters. The van der Waals surface area contributed by atoms with Crippen molar-refractivity contribution in [2.24, 2.45) is 0 Å². The Bertz CT molecular complexity index is 578. The van der Waals surface area contributed by atoms with Gasteiger partial charge in [0, 0.05) is 0 Å². The Kier molecular flexibility index (Phi) is 5.74. The molecule has 1 N–H and O–H groups in total. The summed E-state index contributed by atoms with van der Waals surface area (Å²) in [7, 11) is -1.63. The lowest BCUT2D eigenvalue weighted by Gasteiger charge is -2.31. The zero-order valence-electron chi connectivity index (χ0n) is 12.2. The normalized spacial score (nSPS) is 16.3. The molecule has 1 rings (SSSR count). The van der Waals surface area contributed by atoms with Crippen LogP contribution in [0, 0.1) is 5.82 Å². The average Bonchev–Trinajstić information content (AvgIpc) is 2.29. The number of aromatic nitrogens is 1. The van der Waals surface area contributed by atoms with Crippen LogP contribution in [0.15, 0.2) is 16.7 Å². The van der Waals surface area contributed by atoms with Gasteiger partial charge in [0.1, 0.15) is 10.4 Å². The average molecular weight is 383 g/mol. The van der Waals surface area contributed by atoms with Crippen molar-refractivity contribution in [1.29, 1.82) is 0 Å². The highest BCUT2D eigenvalue weighted by atomic mass is 79.9. The summed E-state index contributed by atoms with van der Waals surface area (Å²) < 4.78 is 41.5. The maximum Gasteiger partial charge on any atom is 0.303 e. The summed E-state index contributed by atoms with van der Waals surface area (Å²) in [5, 5.41) is 0. The first-order valence-electron chi connectivity index (χ1n) is 6.16. The van der Waals surface area contributed by atoms with Gasteiger partial charge in [-0.1, -0.05) is 0 Å². The van der Waals surface area contributed by atoms with Gasteiger partial charge >= 0.3 is 6.04 Å². The van der Waals surface area contributed by atoms with E-state index in [1.807, 2.05) is 0 Å². The van der Waals surface area contributed by atoms with E-state index in [1.165, 1.54) is 13.0 Å². The van der Waals surface area contributed by atoms with Gasteiger partial charge in [-0.2, -0.15) is 4.39 Å². The Morgan fingerprint density at radius 3 is 2.43 bits per heavy atom. The minimum Gasteiger partial charge on any atom is -0.261 e. The van der Waals surface area contributed by atoms with Crippen LogP contribution >= 0.6 is 15.9 Å². The SMILES string of the molecule is CC(C)(C)S(=O)N[C@@](C)(CC(=O)F)c1nc(Br)ccc1F. The number of hydrogen-bond donors (Lipinski definition) is 1. The van der Waals surface area contributed by atoms with Crippen molar-refractivity contribution >= 4 is 33.0 Å². The van der Waals surface area contributed by atoms with Gasteiger partial charge in [-0.3, -0.25) is 4.79 Å². The van der Waals surface area contributed by atoms with Gasteiger partial charge in [0.05, 0.1) is 33.4 Å². The maximum absolute atomic E-state index is 14.0. The summed E-state index contributed by atoms with van der Waals surface area (Å²) in [6.45, 7) is 6.52. The molecule has 21 heavy (non-hydrogen) atoms. The number of carbonyl (C=O) groups is 1. The van der Waals surface area contributed by atoms with Crippen LogP contribution in [-0.4, -0.2) is 20.0 Å².